The minimum Gasteiger partial charge on any atom is -0.399 e. The topological polar surface area (TPSA) is 29.3 Å². The molecule has 0 unspecified atom stereocenters. The number of halogens is 3. The Bertz CT molecular complexity index is 314. The number of rotatable bonds is 1. The van der Waals surface area contributed by atoms with Gasteiger partial charge in [0.2, 0.25) is 0 Å². The van der Waals surface area contributed by atoms with Crippen molar-refractivity contribution in [3.05, 3.63) is 24.0 Å². The molecule has 1 heterocycles. The molecule has 1 aliphatic rings. The van der Waals surface area contributed by atoms with Gasteiger partial charge in [-0.05, 0) is 31.0 Å². The van der Waals surface area contributed by atoms with Gasteiger partial charge in [0.1, 0.15) is 5.82 Å². The highest BCUT2D eigenvalue weighted by molar-refractivity contribution is 5.85. The van der Waals surface area contributed by atoms with E-state index in [1.54, 1.807) is 12.1 Å². The van der Waals surface area contributed by atoms with Crippen LogP contribution in [0, 0.1) is 5.82 Å². The maximum Gasteiger partial charge on any atom is 0.148 e. The lowest BCUT2D eigenvalue weighted by Crippen LogP contribution is -2.18. The molecule has 0 amide bonds. The fourth-order valence-corrected chi connectivity index (χ4v) is 1.74. The van der Waals surface area contributed by atoms with Gasteiger partial charge in [-0.1, -0.05) is 0 Å². The third-order valence-electron chi connectivity index (χ3n) is 2.42. The predicted octanol–water partition coefficient (Wildman–Crippen LogP) is 2.85. The molecule has 1 aromatic carbocycles. The van der Waals surface area contributed by atoms with E-state index in [9.17, 15) is 4.39 Å². The van der Waals surface area contributed by atoms with E-state index < -0.39 is 0 Å². The number of nitrogen functional groups attached to an aromatic ring is 1. The molecule has 2 rings (SSSR count). The van der Waals surface area contributed by atoms with E-state index >= 15 is 0 Å². The SMILES string of the molecule is Cl.Cl.Nc1ccc(N2CCCC2)c(F)c1. The Kier molecular flexibility index (Phi) is 5.76. The van der Waals surface area contributed by atoms with Crippen molar-refractivity contribution in [3.8, 4) is 0 Å². The number of anilines is 2. The Labute approximate surface area is 101 Å². The fourth-order valence-electron chi connectivity index (χ4n) is 1.74. The van der Waals surface area contributed by atoms with Crippen LogP contribution in [0.3, 0.4) is 0 Å². The largest absolute Gasteiger partial charge is 0.399 e. The minimum absolute atomic E-state index is 0. The highest BCUT2D eigenvalue weighted by Crippen LogP contribution is 2.24. The molecule has 1 fully saturated rings. The first-order valence-corrected chi connectivity index (χ1v) is 4.57. The Hall–Kier alpha value is -0.670. The summed E-state index contributed by atoms with van der Waals surface area (Å²) in [5.74, 6) is -0.207. The van der Waals surface area contributed by atoms with Crippen LogP contribution in [-0.4, -0.2) is 13.1 Å². The summed E-state index contributed by atoms with van der Waals surface area (Å²) in [6.45, 7) is 1.92. The molecule has 2 nitrogen and oxygen atoms in total. The van der Waals surface area contributed by atoms with Gasteiger partial charge in [-0.2, -0.15) is 0 Å². The van der Waals surface area contributed by atoms with Crippen LogP contribution in [0.4, 0.5) is 15.8 Å². The van der Waals surface area contributed by atoms with Gasteiger partial charge < -0.3 is 10.6 Å². The van der Waals surface area contributed by atoms with Crippen molar-refractivity contribution >= 4 is 36.2 Å². The first-order valence-electron chi connectivity index (χ1n) is 4.57. The van der Waals surface area contributed by atoms with Crippen molar-refractivity contribution in [2.24, 2.45) is 0 Å². The van der Waals surface area contributed by atoms with Gasteiger partial charge in [0, 0.05) is 18.8 Å². The zero-order valence-electron chi connectivity index (χ0n) is 8.28. The van der Waals surface area contributed by atoms with Gasteiger partial charge in [-0.25, -0.2) is 4.39 Å². The summed E-state index contributed by atoms with van der Waals surface area (Å²) in [6.07, 6.45) is 2.31. The van der Waals surface area contributed by atoms with Crippen LogP contribution in [-0.2, 0) is 0 Å². The van der Waals surface area contributed by atoms with Gasteiger partial charge in [-0.15, -0.1) is 24.8 Å². The maximum absolute atomic E-state index is 13.4. The molecule has 15 heavy (non-hydrogen) atoms. The summed E-state index contributed by atoms with van der Waals surface area (Å²) < 4.78 is 13.4. The molecule has 0 spiro atoms. The normalized spacial score (nSPS) is 14.3. The molecule has 0 radical (unpaired) electrons. The summed E-state index contributed by atoms with van der Waals surface area (Å²) in [7, 11) is 0. The standard InChI is InChI=1S/C10H13FN2.2ClH/c11-9-7-8(12)3-4-10(9)13-5-1-2-6-13;;/h3-4,7H,1-2,5-6,12H2;2*1H. The number of benzene rings is 1. The van der Waals surface area contributed by atoms with Crippen LogP contribution in [0.15, 0.2) is 18.2 Å². The number of hydrogen-bond acceptors (Lipinski definition) is 2. The lowest BCUT2D eigenvalue weighted by molar-refractivity contribution is 0.624. The molecule has 1 saturated heterocycles. The molecule has 5 heteroatoms. The molecule has 2 N–H and O–H groups in total. The van der Waals surface area contributed by atoms with Crippen molar-refractivity contribution in [1.82, 2.24) is 0 Å². The van der Waals surface area contributed by atoms with Crippen molar-refractivity contribution in [2.45, 2.75) is 12.8 Å². The van der Waals surface area contributed by atoms with E-state index in [-0.39, 0.29) is 30.6 Å². The second-order valence-electron chi connectivity index (χ2n) is 3.41. The molecular formula is C10H15Cl2FN2. The molecule has 1 aromatic rings. The Morgan fingerprint density at radius 3 is 2.27 bits per heavy atom. The summed E-state index contributed by atoms with van der Waals surface area (Å²) in [4.78, 5) is 2.06. The zero-order chi connectivity index (χ0) is 9.26. The van der Waals surface area contributed by atoms with Crippen LogP contribution in [0.1, 0.15) is 12.8 Å². The molecule has 0 aromatic heterocycles. The van der Waals surface area contributed by atoms with E-state index in [4.69, 9.17) is 5.73 Å². The molecular weight excluding hydrogens is 238 g/mol. The van der Waals surface area contributed by atoms with Crippen LogP contribution in [0.5, 0.6) is 0 Å². The van der Waals surface area contributed by atoms with Crippen molar-refractivity contribution in [1.29, 1.82) is 0 Å². The molecule has 0 atom stereocenters. The molecule has 0 aliphatic carbocycles. The van der Waals surface area contributed by atoms with Gasteiger partial charge in [-0.3, -0.25) is 0 Å². The smallest absolute Gasteiger partial charge is 0.148 e. The third kappa shape index (κ3) is 3.14. The highest BCUT2D eigenvalue weighted by atomic mass is 35.5. The van der Waals surface area contributed by atoms with Gasteiger partial charge in [0.15, 0.2) is 0 Å². The molecule has 1 aliphatic heterocycles. The van der Waals surface area contributed by atoms with Crippen molar-refractivity contribution in [2.75, 3.05) is 23.7 Å². The number of nitrogens with two attached hydrogens (primary N) is 1. The van der Waals surface area contributed by atoms with Crippen LogP contribution < -0.4 is 10.6 Å². The average Bonchev–Trinajstić information content (AvgIpc) is 2.56. The van der Waals surface area contributed by atoms with Gasteiger partial charge in [0.05, 0.1) is 5.69 Å². The molecule has 0 saturated carbocycles. The van der Waals surface area contributed by atoms with E-state index in [2.05, 4.69) is 4.90 Å². The average molecular weight is 253 g/mol. The van der Waals surface area contributed by atoms with Crippen molar-refractivity contribution in [3.63, 3.8) is 0 Å². The zero-order valence-corrected chi connectivity index (χ0v) is 9.91. The predicted molar refractivity (Wildman–Crippen MR) is 66.8 cm³/mol. The first-order chi connectivity index (χ1) is 6.27. The molecule has 0 bridgehead atoms. The lowest BCUT2D eigenvalue weighted by atomic mass is 10.2. The maximum atomic E-state index is 13.4. The summed E-state index contributed by atoms with van der Waals surface area (Å²) in [5.41, 5.74) is 6.64. The van der Waals surface area contributed by atoms with E-state index in [1.165, 1.54) is 6.07 Å². The van der Waals surface area contributed by atoms with Crippen molar-refractivity contribution < 1.29 is 4.39 Å². The van der Waals surface area contributed by atoms with Crippen LogP contribution >= 0.6 is 24.8 Å². The summed E-state index contributed by atoms with van der Waals surface area (Å²) in [6, 6.07) is 4.89. The first kappa shape index (κ1) is 14.3. The quantitative estimate of drug-likeness (QED) is 0.780. The van der Waals surface area contributed by atoms with E-state index in [0.717, 1.165) is 25.9 Å². The number of nitrogens with zero attached hydrogens (tertiary/aromatic N) is 1. The van der Waals surface area contributed by atoms with Gasteiger partial charge >= 0.3 is 0 Å². The third-order valence-corrected chi connectivity index (χ3v) is 2.42. The Morgan fingerprint density at radius 1 is 1.13 bits per heavy atom. The second-order valence-corrected chi connectivity index (χ2v) is 3.41. The fraction of sp³-hybridized carbons (Fsp3) is 0.400. The van der Waals surface area contributed by atoms with Gasteiger partial charge in [0.25, 0.3) is 0 Å². The lowest BCUT2D eigenvalue weighted by Gasteiger charge is -2.18. The minimum atomic E-state index is -0.207. The van der Waals surface area contributed by atoms with Crippen LogP contribution in [0.25, 0.3) is 0 Å². The number of hydrogen-bond donors (Lipinski definition) is 1. The monoisotopic (exact) mass is 252 g/mol. The Balaban J connectivity index is 0.000000980. The second kappa shape index (κ2) is 6.03. The van der Waals surface area contributed by atoms with E-state index in [1.807, 2.05) is 0 Å². The summed E-state index contributed by atoms with van der Waals surface area (Å²) in [5, 5.41) is 0. The van der Waals surface area contributed by atoms with E-state index in [0.29, 0.717) is 11.4 Å². The van der Waals surface area contributed by atoms with Crippen LogP contribution in [0.2, 0.25) is 0 Å². The Morgan fingerprint density at radius 2 is 1.73 bits per heavy atom. The molecule has 86 valence electrons. The highest BCUT2D eigenvalue weighted by Gasteiger charge is 2.15. The summed E-state index contributed by atoms with van der Waals surface area (Å²) >= 11 is 0.